The SMILES string of the molecule is CCC(NCC(=O)O)C(O)c1cc(C)ccc1OC. The van der Waals surface area contributed by atoms with Gasteiger partial charge in [-0.1, -0.05) is 18.6 Å². The van der Waals surface area contributed by atoms with Crippen molar-refractivity contribution in [2.45, 2.75) is 32.4 Å². The molecule has 0 amide bonds. The molecule has 3 N–H and O–H groups in total. The minimum atomic E-state index is -0.943. The Balaban J connectivity index is 2.92. The summed E-state index contributed by atoms with van der Waals surface area (Å²) in [6.45, 7) is 3.65. The van der Waals surface area contributed by atoms with Gasteiger partial charge in [-0.3, -0.25) is 4.79 Å². The lowest BCUT2D eigenvalue weighted by atomic mass is 9.97. The quantitative estimate of drug-likeness (QED) is 0.697. The van der Waals surface area contributed by atoms with Crippen molar-refractivity contribution in [2.24, 2.45) is 0 Å². The van der Waals surface area contributed by atoms with E-state index in [1.54, 1.807) is 13.2 Å². The van der Waals surface area contributed by atoms with Crippen molar-refractivity contribution in [1.29, 1.82) is 0 Å². The second kappa shape index (κ2) is 7.11. The molecule has 0 saturated heterocycles. The van der Waals surface area contributed by atoms with Gasteiger partial charge in [0.2, 0.25) is 0 Å². The van der Waals surface area contributed by atoms with Crippen molar-refractivity contribution in [1.82, 2.24) is 5.32 Å². The van der Waals surface area contributed by atoms with Gasteiger partial charge in [-0.25, -0.2) is 0 Å². The molecule has 0 spiro atoms. The first-order valence-corrected chi connectivity index (χ1v) is 6.27. The molecule has 106 valence electrons. The number of carbonyl (C=O) groups is 1. The number of hydrogen-bond acceptors (Lipinski definition) is 4. The van der Waals surface area contributed by atoms with Crippen LogP contribution in [0, 0.1) is 6.92 Å². The highest BCUT2D eigenvalue weighted by atomic mass is 16.5. The number of aryl methyl sites for hydroxylation is 1. The fourth-order valence-corrected chi connectivity index (χ4v) is 2.00. The molecular formula is C14H21NO4. The van der Waals surface area contributed by atoms with Crippen LogP contribution >= 0.6 is 0 Å². The molecule has 2 unspecified atom stereocenters. The van der Waals surface area contributed by atoms with Gasteiger partial charge in [-0.2, -0.15) is 0 Å². The van der Waals surface area contributed by atoms with Crippen LogP contribution in [0.25, 0.3) is 0 Å². The Labute approximate surface area is 113 Å². The zero-order valence-corrected chi connectivity index (χ0v) is 11.5. The topological polar surface area (TPSA) is 78.8 Å². The minimum Gasteiger partial charge on any atom is -0.496 e. The first-order chi connectivity index (χ1) is 8.99. The Morgan fingerprint density at radius 3 is 2.68 bits per heavy atom. The molecule has 1 aromatic carbocycles. The molecule has 1 rings (SSSR count). The van der Waals surface area contributed by atoms with Crippen molar-refractivity contribution < 1.29 is 19.7 Å². The van der Waals surface area contributed by atoms with Crippen LogP contribution in [0.3, 0.4) is 0 Å². The largest absolute Gasteiger partial charge is 0.496 e. The van der Waals surface area contributed by atoms with Gasteiger partial charge < -0.3 is 20.3 Å². The summed E-state index contributed by atoms with van der Waals surface area (Å²) in [6, 6.07) is 5.24. The standard InChI is InChI=1S/C14H21NO4/c1-4-11(15-8-13(16)17)14(18)10-7-9(2)5-6-12(10)19-3/h5-7,11,14-15,18H,4,8H2,1-3H3,(H,16,17). The van der Waals surface area contributed by atoms with Gasteiger partial charge >= 0.3 is 5.97 Å². The maximum absolute atomic E-state index is 10.6. The summed E-state index contributed by atoms with van der Waals surface area (Å²) >= 11 is 0. The van der Waals surface area contributed by atoms with E-state index in [9.17, 15) is 9.90 Å². The monoisotopic (exact) mass is 267 g/mol. The fourth-order valence-electron chi connectivity index (χ4n) is 2.00. The number of benzene rings is 1. The highest BCUT2D eigenvalue weighted by Gasteiger charge is 2.22. The third kappa shape index (κ3) is 4.22. The van der Waals surface area contributed by atoms with Crippen LogP contribution in [0.2, 0.25) is 0 Å². The molecule has 0 saturated carbocycles. The highest BCUT2D eigenvalue weighted by molar-refractivity contribution is 5.69. The molecule has 0 radical (unpaired) electrons. The summed E-state index contributed by atoms with van der Waals surface area (Å²) in [6.07, 6.45) is -0.190. The molecule has 5 nitrogen and oxygen atoms in total. The number of aliphatic hydroxyl groups excluding tert-OH is 1. The van der Waals surface area contributed by atoms with Crippen LogP contribution in [0.1, 0.15) is 30.6 Å². The van der Waals surface area contributed by atoms with Crippen LogP contribution in [0.15, 0.2) is 18.2 Å². The molecule has 0 aliphatic heterocycles. The van der Waals surface area contributed by atoms with E-state index < -0.39 is 12.1 Å². The predicted octanol–water partition coefficient (Wildman–Crippen LogP) is 1.49. The van der Waals surface area contributed by atoms with Crippen LogP contribution < -0.4 is 10.1 Å². The van der Waals surface area contributed by atoms with Crippen LogP contribution in [-0.2, 0) is 4.79 Å². The fraction of sp³-hybridized carbons (Fsp3) is 0.500. The smallest absolute Gasteiger partial charge is 0.317 e. The summed E-state index contributed by atoms with van der Waals surface area (Å²) < 4.78 is 5.24. The van der Waals surface area contributed by atoms with E-state index >= 15 is 0 Å². The van der Waals surface area contributed by atoms with E-state index in [0.29, 0.717) is 17.7 Å². The summed E-state index contributed by atoms with van der Waals surface area (Å²) in [5.41, 5.74) is 1.69. The van der Waals surface area contributed by atoms with Crippen molar-refractivity contribution in [3.63, 3.8) is 0 Å². The zero-order valence-electron chi connectivity index (χ0n) is 11.5. The Bertz CT molecular complexity index is 433. The summed E-state index contributed by atoms with van der Waals surface area (Å²) in [5.74, 6) is -0.337. The molecule has 2 atom stereocenters. The Hall–Kier alpha value is -1.59. The number of carboxylic acid groups (broad SMARTS) is 1. The Morgan fingerprint density at radius 1 is 1.47 bits per heavy atom. The predicted molar refractivity (Wildman–Crippen MR) is 72.4 cm³/mol. The summed E-state index contributed by atoms with van der Waals surface area (Å²) in [7, 11) is 1.55. The number of nitrogens with one attached hydrogen (secondary N) is 1. The van der Waals surface area contributed by atoms with E-state index in [-0.39, 0.29) is 12.6 Å². The number of aliphatic carboxylic acids is 1. The van der Waals surface area contributed by atoms with Gasteiger partial charge in [0.25, 0.3) is 0 Å². The number of carboxylic acids is 1. The lowest BCUT2D eigenvalue weighted by Crippen LogP contribution is -2.37. The third-order valence-electron chi connectivity index (χ3n) is 3.04. The molecule has 0 aliphatic rings. The number of rotatable bonds is 7. The first-order valence-electron chi connectivity index (χ1n) is 6.27. The molecule has 1 aromatic rings. The van der Waals surface area contributed by atoms with Crippen molar-refractivity contribution in [2.75, 3.05) is 13.7 Å². The van der Waals surface area contributed by atoms with Gasteiger partial charge in [0.15, 0.2) is 0 Å². The molecule has 5 heteroatoms. The molecule has 0 heterocycles. The van der Waals surface area contributed by atoms with Gasteiger partial charge in [0, 0.05) is 11.6 Å². The molecule has 0 aliphatic carbocycles. The molecular weight excluding hydrogens is 246 g/mol. The van der Waals surface area contributed by atoms with Gasteiger partial charge in [-0.05, 0) is 25.5 Å². The molecule has 0 bridgehead atoms. The average Bonchev–Trinajstić information content (AvgIpc) is 2.38. The molecule has 19 heavy (non-hydrogen) atoms. The lowest BCUT2D eigenvalue weighted by molar-refractivity contribution is -0.136. The lowest BCUT2D eigenvalue weighted by Gasteiger charge is -2.24. The van der Waals surface area contributed by atoms with E-state index in [1.807, 2.05) is 26.0 Å². The number of methoxy groups -OCH3 is 1. The highest BCUT2D eigenvalue weighted by Crippen LogP contribution is 2.29. The van der Waals surface area contributed by atoms with Crippen molar-refractivity contribution >= 4 is 5.97 Å². The minimum absolute atomic E-state index is 0.177. The van der Waals surface area contributed by atoms with E-state index in [4.69, 9.17) is 9.84 Å². The first kappa shape index (κ1) is 15.5. The average molecular weight is 267 g/mol. The number of ether oxygens (including phenoxy) is 1. The zero-order chi connectivity index (χ0) is 14.4. The van der Waals surface area contributed by atoms with Crippen LogP contribution in [0.4, 0.5) is 0 Å². The van der Waals surface area contributed by atoms with Crippen molar-refractivity contribution in [3.8, 4) is 5.75 Å². The second-order valence-electron chi connectivity index (χ2n) is 4.48. The van der Waals surface area contributed by atoms with Gasteiger partial charge in [-0.15, -0.1) is 0 Å². The van der Waals surface area contributed by atoms with Crippen LogP contribution in [-0.4, -0.2) is 35.9 Å². The molecule has 0 aromatic heterocycles. The van der Waals surface area contributed by atoms with Gasteiger partial charge in [0.05, 0.1) is 19.8 Å². The van der Waals surface area contributed by atoms with E-state index in [1.165, 1.54) is 0 Å². The number of hydrogen-bond donors (Lipinski definition) is 3. The van der Waals surface area contributed by atoms with Gasteiger partial charge in [0.1, 0.15) is 5.75 Å². The number of aliphatic hydroxyl groups is 1. The summed E-state index contributed by atoms with van der Waals surface area (Å²) in [4.78, 5) is 10.6. The Kier molecular flexibility index (Phi) is 5.79. The second-order valence-corrected chi connectivity index (χ2v) is 4.48. The maximum atomic E-state index is 10.6. The summed E-state index contributed by atoms with van der Waals surface area (Å²) in [5, 5.41) is 21.9. The Morgan fingerprint density at radius 2 is 2.16 bits per heavy atom. The van der Waals surface area contributed by atoms with E-state index in [0.717, 1.165) is 5.56 Å². The van der Waals surface area contributed by atoms with Crippen molar-refractivity contribution in [3.05, 3.63) is 29.3 Å². The maximum Gasteiger partial charge on any atom is 0.317 e. The van der Waals surface area contributed by atoms with E-state index in [2.05, 4.69) is 5.32 Å². The third-order valence-corrected chi connectivity index (χ3v) is 3.04. The normalized spacial score (nSPS) is 13.9. The van der Waals surface area contributed by atoms with Crippen LogP contribution in [0.5, 0.6) is 5.75 Å². The molecule has 0 fully saturated rings.